The summed E-state index contributed by atoms with van der Waals surface area (Å²) in [4.78, 5) is 25.5. The molecule has 3 rings (SSSR count). The van der Waals surface area contributed by atoms with Crippen LogP contribution in [0.25, 0.3) is 16.8 Å². The molecule has 142 valence electrons. The van der Waals surface area contributed by atoms with Gasteiger partial charge in [0.2, 0.25) is 5.91 Å². The van der Waals surface area contributed by atoms with Crippen molar-refractivity contribution >= 4 is 26.2 Å². The monoisotopic (exact) mass is 386 g/mol. The number of hydrogen-bond donors (Lipinski definition) is 0. The number of carbonyl (C=O) groups is 2. The van der Waals surface area contributed by atoms with E-state index in [1.807, 2.05) is 35.8 Å². The third kappa shape index (κ3) is 4.25. The van der Waals surface area contributed by atoms with Crippen LogP contribution in [0, 0.1) is 0 Å². The van der Waals surface area contributed by atoms with E-state index in [0.717, 1.165) is 24.1 Å². The summed E-state index contributed by atoms with van der Waals surface area (Å²) in [6.07, 6.45) is 2.93. The molecule has 1 atom stereocenters. The minimum absolute atomic E-state index is 0.104. The van der Waals surface area contributed by atoms with Gasteiger partial charge in [-0.1, -0.05) is 30.3 Å². The van der Waals surface area contributed by atoms with Crippen molar-refractivity contribution < 1.29 is 14.3 Å². The number of benzene rings is 1. The first-order valence-electron chi connectivity index (χ1n) is 8.91. The molecule has 8 heteroatoms. The normalized spacial score (nSPS) is 14.5. The van der Waals surface area contributed by atoms with Crippen molar-refractivity contribution in [2.75, 3.05) is 26.4 Å². The van der Waals surface area contributed by atoms with E-state index in [1.54, 1.807) is 13.8 Å². The fraction of sp³-hybridized carbons (Fsp3) is 0.368. The summed E-state index contributed by atoms with van der Waals surface area (Å²) in [6.45, 7) is 6.99. The van der Waals surface area contributed by atoms with Gasteiger partial charge >= 0.3 is 5.97 Å². The lowest BCUT2D eigenvalue weighted by molar-refractivity contribution is -0.128. The minimum Gasteiger partial charge on any atom is -0.461 e. The van der Waals surface area contributed by atoms with Crippen LogP contribution in [0.2, 0.25) is 0 Å². The summed E-state index contributed by atoms with van der Waals surface area (Å²) < 4.78 is 6.63. The number of hydrogen-bond acceptors (Lipinski definition) is 5. The maximum Gasteiger partial charge on any atom is 0.361 e. The second-order valence-corrected chi connectivity index (χ2v) is 7.00. The third-order valence-electron chi connectivity index (χ3n) is 4.47. The summed E-state index contributed by atoms with van der Waals surface area (Å²) in [5.74, 6) is -0.354. The fourth-order valence-electron chi connectivity index (χ4n) is 3.00. The van der Waals surface area contributed by atoms with Crippen LogP contribution in [0.4, 0.5) is 0 Å². The van der Waals surface area contributed by atoms with E-state index in [0.29, 0.717) is 27.6 Å². The second-order valence-electron chi connectivity index (χ2n) is 6.15. The fourth-order valence-corrected chi connectivity index (χ4v) is 3.40. The molecular formula is C19H23N4O3P. The van der Waals surface area contributed by atoms with Crippen LogP contribution in [0.5, 0.6) is 0 Å². The third-order valence-corrected chi connectivity index (χ3v) is 5.07. The van der Waals surface area contributed by atoms with Gasteiger partial charge in [0, 0.05) is 34.3 Å². The molecule has 0 fully saturated rings. The van der Waals surface area contributed by atoms with Gasteiger partial charge in [0.25, 0.3) is 0 Å². The van der Waals surface area contributed by atoms with Crippen LogP contribution in [0.3, 0.4) is 0 Å². The average molecular weight is 386 g/mol. The van der Waals surface area contributed by atoms with Crippen LogP contribution >= 0.6 is 8.73 Å². The molecular weight excluding hydrogens is 363 g/mol. The molecule has 0 saturated heterocycles. The van der Waals surface area contributed by atoms with E-state index in [2.05, 4.69) is 16.3 Å². The molecule has 1 aliphatic heterocycles. The first-order valence-corrected chi connectivity index (χ1v) is 10.4. The highest BCUT2D eigenvalue weighted by molar-refractivity contribution is 7.34. The van der Waals surface area contributed by atoms with Gasteiger partial charge in [-0.05, 0) is 31.1 Å². The Balaban J connectivity index is 1.85. The lowest BCUT2D eigenvalue weighted by Crippen LogP contribution is -2.32. The predicted octanol–water partition coefficient (Wildman–Crippen LogP) is 2.83. The van der Waals surface area contributed by atoms with Gasteiger partial charge in [0.05, 0.1) is 6.61 Å². The van der Waals surface area contributed by atoms with Gasteiger partial charge < -0.3 is 9.64 Å². The minimum atomic E-state index is -0.458. The van der Waals surface area contributed by atoms with Crippen molar-refractivity contribution in [1.82, 2.24) is 19.7 Å². The van der Waals surface area contributed by atoms with E-state index in [4.69, 9.17) is 4.74 Å². The van der Waals surface area contributed by atoms with Crippen molar-refractivity contribution in [2.45, 2.75) is 20.3 Å². The molecule has 27 heavy (non-hydrogen) atoms. The molecule has 1 unspecified atom stereocenters. The van der Waals surface area contributed by atoms with E-state index >= 15 is 0 Å². The van der Waals surface area contributed by atoms with Gasteiger partial charge in [-0.2, -0.15) is 4.57 Å². The largest absolute Gasteiger partial charge is 0.461 e. The smallest absolute Gasteiger partial charge is 0.361 e. The van der Waals surface area contributed by atoms with E-state index in [-0.39, 0.29) is 11.6 Å². The maximum atomic E-state index is 12.2. The van der Waals surface area contributed by atoms with E-state index in [9.17, 15) is 9.59 Å². The maximum absolute atomic E-state index is 12.2. The summed E-state index contributed by atoms with van der Waals surface area (Å²) in [7, 11) is 0.329. The summed E-state index contributed by atoms with van der Waals surface area (Å²) >= 11 is 0. The molecule has 2 heterocycles. The van der Waals surface area contributed by atoms with Gasteiger partial charge in [-0.25, -0.2) is 4.79 Å². The molecule has 1 aromatic heterocycles. The molecule has 1 aromatic carbocycles. The van der Waals surface area contributed by atoms with Gasteiger partial charge in [-0.3, -0.25) is 4.79 Å². The van der Waals surface area contributed by atoms with Crippen LogP contribution in [-0.2, 0) is 9.53 Å². The van der Waals surface area contributed by atoms with Crippen LogP contribution < -0.4 is 0 Å². The van der Waals surface area contributed by atoms with Crippen molar-refractivity contribution in [3.05, 3.63) is 41.6 Å². The van der Waals surface area contributed by atoms with Crippen LogP contribution in [0.15, 0.2) is 30.3 Å². The highest BCUT2D eigenvalue weighted by Gasteiger charge is 2.21. The van der Waals surface area contributed by atoms with Crippen molar-refractivity contribution in [1.29, 1.82) is 0 Å². The van der Waals surface area contributed by atoms with Gasteiger partial charge in [0.1, 0.15) is 5.69 Å². The Morgan fingerprint density at radius 3 is 2.44 bits per heavy atom. The number of aromatic nitrogens is 3. The number of carbonyl (C=O) groups excluding carboxylic acids is 2. The molecule has 1 amide bonds. The summed E-state index contributed by atoms with van der Waals surface area (Å²) in [5.41, 5.74) is 3.95. The SMILES string of the molecule is CCOC(=O)c1nn(PC)nc1-c1ccc(C2=CCN(C(C)=O)CC2)cc1. The predicted molar refractivity (Wildman–Crippen MR) is 106 cm³/mol. The zero-order chi connectivity index (χ0) is 19.4. The number of nitrogens with zero attached hydrogens (tertiary/aromatic N) is 4. The Morgan fingerprint density at radius 1 is 1.19 bits per heavy atom. The topological polar surface area (TPSA) is 77.3 Å². The first-order chi connectivity index (χ1) is 13.0. The lowest BCUT2D eigenvalue weighted by atomic mass is 9.97. The molecule has 7 nitrogen and oxygen atoms in total. The Hall–Kier alpha value is -2.53. The van der Waals surface area contributed by atoms with Gasteiger partial charge in [0.15, 0.2) is 5.69 Å². The van der Waals surface area contributed by atoms with Crippen molar-refractivity contribution in [3.8, 4) is 11.3 Å². The van der Waals surface area contributed by atoms with Crippen molar-refractivity contribution in [2.24, 2.45) is 0 Å². The zero-order valence-electron chi connectivity index (χ0n) is 15.7. The van der Waals surface area contributed by atoms with Crippen LogP contribution in [-0.4, -0.2) is 57.9 Å². The highest BCUT2D eigenvalue weighted by Crippen LogP contribution is 2.27. The van der Waals surface area contributed by atoms with Gasteiger partial charge in [-0.15, -0.1) is 10.2 Å². The summed E-state index contributed by atoms with van der Waals surface area (Å²) in [6, 6.07) is 7.94. The second kappa shape index (κ2) is 8.44. The number of amides is 1. The quantitative estimate of drug-likeness (QED) is 0.583. The lowest BCUT2D eigenvalue weighted by Gasteiger charge is -2.25. The zero-order valence-corrected chi connectivity index (χ0v) is 16.7. The summed E-state index contributed by atoms with van der Waals surface area (Å²) in [5, 5.41) is 8.69. The number of ether oxygens (including phenoxy) is 1. The van der Waals surface area contributed by atoms with E-state index < -0.39 is 5.97 Å². The van der Waals surface area contributed by atoms with Crippen molar-refractivity contribution in [3.63, 3.8) is 0 Å². The molecule has 0 aliphatic carbocycles. The Kier molecular flexibility index (Phi) is 6.01. The molecule has 0 spiro atoms. The molecule has 0 N–H and O–H groups in total. The molecule has 2 aromatic rings. The number of rotatable bonds is 5. The van der Waals surface area contributed by atoms with E-state index in [1.165, 1.54) is 10.1 Å². The Bertz CT molecular complexity index is 874. The highest BCUT2D eigenvalue weighted by atomic mass is 31.1. The average Bonchev–Trinajstić information content (AvgIpc) is 3.13. The molecule has 0 bridgehead atoms. The molecule has 1 aliphatic rings. The Morgan fingerprint density at radius 2 is 1.89 bits per heavy atom. The first kappa shape index (κ1) is 19.2. The molecule has 0 saturated carbocycles. The standard InChI is InChI=1S/C19H23N4O3P/c1-4-26-19(25)18-17(20-23(21-18)27-3)16-7-5-14(6-8-16)15-9-11-22(12-10-15)13(2)24/h5-9,27H,4,10-12H2,1-3H3. The van der Waals surface area contributed by atoms with Crippen LogP contribution in [0.1, 0.15) is 36.3 Å². The molecule has 0 radical (unpaired) electrons. The Labute approximate surface area is 160 Å². The number of esters is 1.